The number of hydrogen-bond donors (Lipinski definition) is 1. The summed E-state index contributed by atoms with van der Waals surface area (Å²) in [6.07, 6.45) is 1.60. The van der Waals surface area contributed by atoms with Crippen LogP contribution in [0.2, 0.25) is 10.0 Å². The Labute approximate surface area is 121 Å². The van der Waals surface area contributed by atoms with Gasteiger partial charge in [-0.15, -0.1) is 0 Å². The lowest BCUT2D eigenvalue weighted by molar-refractivity contribution is 0.659. The van der Waals surface area contributed by atoms with Crippen molar-refractivity contribution in [2.24, 2.45) is 10.9 Å². The zero-order valence-electron chi connectivity index (χ0n) is 10.7. The molecular weight excluding hydrogens is 283 g/mol. The van der Waals surface area contributed by atoms with Gasteiger partial charge in [-0.3, -0.25) is 4.68 Å². The SMILES string of the molecule is Cc1nn(Cc2c(Cl)cccc2Cl)c(C)c1/C=N\N. The Morgan fingerprint density at radius 3 is 2.53 bits per heavy atom. The molecule has 0 saturated carbocycles. The Hall–Kier alpha value is -1.52. The highest BCUT2D eigenvalue weighted by Crippen LogP contribution is 2.25. The number of aromatic nitrogens is 2. The Morgan fingerprint density at radius 1 is 1.32 bits per heavy atom. The second-order valence-corrected chi connectivity index (χ2v) is 5.03. The summed E-state index contributed by atoms with van der Waals surface area (Å²) in [7, 11) is 0. The normalized spacial score (nSPS) is 11.4. The van der Waals surface area contributed by atoms with Crippen LogP contribution in [0.5, 0.6) is 0 Å². The molecule has 1 aromatic heterocycles. The van der Waals surface area contributed by atoms with Gasteiger partial charge in [-0.2, -0.15) is 10.2 Å². The number of rotatable bonds is 3. The second kappa shape index (κ2) is 5.63. The van der Waals surface area contributed by atoms with Gasteiger partial charge in [0, 0.05) is 26.9 Å². The molecule has 1 aromatic carbocycles. The predicted molar refractivity (Wildman–Crippen MR) is 79.0 cm³/mol. The summed E-state index contributed by atoms with van der Waals surface area (Å²) in [6, 6.07) is 5.45. The van der Waals surface area contributed by atoms with Gasteiger partial charge in [-0.25, -0.2) is 0 Å². The monoisotopic (exact) mass is 296 g/mol. The Balaban J connectivity index is 2.42. The van der Waals surface area contributed by atoms with Gasteiger partial charge in [0.25, 0.3) is 0 Å². The third-order valence-corrected chi connectivity index (χ3v) is 3.72. The molecule has 0 saturated heterocycles. The molecule has 0 bridgehead atoms. The second-order valence-electron chi connectivity index (χ2n) is 4.22. The minimum absolute atomic E-state index is 0.517. The van der Waals surface area contributed by atoms with Crippen LogP contribution in [-0.4, -0.2) is 16.0 Å². The molecule has 1 heterocycles. The first-order chi connectivity index (χ1) is 9.04. The number of benzene rings is 1. The zero-order chi connectivity index (χ0) is 14.0. The van der Waals surface area contributed by atoms with Crippen molar-refractivity contribution in [3.63, 3.8) is 0 Å². The highest BCUT2D eigenvalue weighted by molar-refractivity contribution is 6.35. The number of nitrogens with two attached hydrogens (primary N) is 1. The Kier molecular flexibility index (Phi) is 4.12. The molecule has 0 atom stereocenters. The average molecular weight is 297 g/mol. The first-order valence-electron chi connectivity index (χ1n) is 5.74. The van der Waals surface area contributed by atoms with Gasteiger partial charge in [0.05, 0.1) is 18.5 Å². The fraction of sp³-hybridized carbons (Fsp3) is 0.231. The summed E-state index contributed by atoms with van der Waals surface area (Å²) in [5, 5.41) is 9.28. The van der Waals surface area contributed by atoms with Crippen molar-refractivity contribution in [3.05, 3.63) is 50.8 Å². The summed E-state index contributed by atoms with van der Waals surface area (Å²) in [4.78, 5) is 0. The smallest absolute Gasteiger partial charge is 0.0692 e. The van der Waals surface area contributed by atoms with E-state index in [1.54, 1.807) is 6.21 Å². The van der Waals surface area contributed by atoms with Crippen molar-refractivity contribution in [1.82, 2.24) is 9.78 Å². The van der Waals surface area contributed by atoms with E-state index in [1.807, 2.05) is 36.7 Å². The van der Waals surface area contributed by atoms with Crippen molar-refractivity contribution in [3.8, 4) is 0 Å². The third-order valence-electron chi connectivity index (χ3n) is 3.01. The molecule has 0 unspecified atom stereocenters. The summed E-state index contributed by atoms with van der Waals surface area (Å²) in [5.41, 5.74) is 3.62. The highest BCUT2D eigenvalue weighted by Gasteiger charge is 2.13. The van der Waals surface area contributed by atoms with Gasteiger partial charge >= 0.3 is 0 Å². The molecule has 0 amide bonds. The fourth-order valence-corrected chi connectivity index (χ4v) is 2.48. The van der Waals surface area contributed by atoms with Crippen molar-refractivity contribution >= 4 is 29.4 Å². The molecule has 6 heteroatoms. The standard InChI is InChI=1S/C13H14Cl2N4/c1-8-10(6-17-16)9(2)19(18-8)7-11-12(14)4-3-5-13(11)15/h3-6H,7,16H2,1-2H3/b17-6-. The fourth-order valence-electron chi connectivity index (χ4n) is 1.96. The van der Waals surface area contributed by atoms with Crippen molar-refractivity contribution in [2.45, 2.75) is 20.4 Å². The van der Waals surface area contributed by atoms with Crippen LogP contribution in [-0.2, 0) is 6.54 Å². The van der Waals surface area contributed by atoms with E-state index in [0.717, 1.165) is 22.5 Å². The largest absolute Gasteiger partial charge is 0.323 e. The molecule has 2 N–H and O–H groups in total. The minimum atomic E-state index is 0.517. The zero-order valence-corrected chi connectivity index (χ0v) is 12.2. The maximum Gasteiger partial charge on any atom is 0.0692 e. The summed E-state index contributed by atoms with van der Waals surface area (Å²) in [6.45, 7) is 4.39. The van der Waals surface area contributed by atoms with Crippen LogP contribution in [0, 0.1) is 13.8 Å². The van der Waals surface area contributed by atoms with E-state index in [2.05, 4.69) is 10.2 Å². The minimum Gasteiger partial charge on any atom is -0.323 e. The molecule has 100 valence electrons. The number of aryl methyl sites for hydroxylation is 1. The maximum absolute atomic E-state index is 6.17. The molecule has 0 aliphatic carbocycles. The van der Waals surface area contributed by atoms with Crippen LogP contribution in [0.25, 0.3) is 0 Å². The van der Waals surface area contributed by atoms with Crippen LogP contribution in [0.1, 0.15) is 22.5 Å². The predicted octanol–water partition coefficient (Wildman–Crippen LogP) is 3.15. The molecule has 0 fully saturated rings. The molecule has 0 spiro atoms. The van der Waals surface area contributed by atoms with Gasteiger partial charge in [0.2, 0.25) is 0 Å². The molecule has 0 aliphatic heterocycles. The summed E-state index contributed by atoms with van der Waals surface area (Å²) < 4.78 is 1.85. The van der Waals surface area contributed by atoms with E-state index >= 15 is 0 Å². The van der Waals surface area contributed by atoms with Gasteiger partial charge in [0.15, 0.2) is 0 Å². The first-order valence-corrected chi connectivity index (χ1v) is 6.50. The Morgan fingerprint density at radius 2 is 1.95 bits per heavy atom. The van der Waals surface area contributed by atoms with Crippen LogP contribution < -0.4 is 5.84 Å². The number of hydrazone groups is 1. The molecular formula is C13H14Cl2N4. The van der Waals surface area contributed by atoms with Gasteiger partial charge < -0.3 is 5.84 Å². The van der Waals surface area contributed by atoms with Crippen molar-refractivity contribution in [2.75, 3.05) is 0 Å². The third kappa shape index (κ3) is 2.74. The van der Waals surface area contributed by atoms with Gasteiger partial charge in [-0.1, -0.05) is 29.3 Å². The number of nitrogens with zero attached hydrogens (tertiary/aromatic N) is 3. The van der Waals surface area contributed by atoms with E-state index in [4.69, 9.17) is 29.0 Å². The molecule has 2 aromatic rings. The molecule has 19 heavy (non-hydrogen) atoms. The number of hydrogen-bond acceptors (Lipinski definition) is 3. The quantitative estimate of drug-likeness (QED) is 0.537. The van der Waals surface area contributed by atoms with E-state index < -0.39 is 0 Å². The molecule has 0 aliphatic rings. The average Bonchev–Trinajstić information content (AvgIpc) is 2.62. The van der Waals surface area contributed by atoms with E-state index in [0.29, 0.717) is 16.6 Å². The summed E-state index contributed by atoms with van der Waals surface area (Å²) in [5.74, 6) is 5.20. The highest BCUT2D eigenvalue weighted by atomic mass is 35.5. The maximum atomic E-state index is 6.17. The van der Waals surface area contributed by atoms with Crippen molar-refractivity contribution in [1.29, 1.82) is 0 Å². The van der Waals surface area contributed by atoms with Crippen LogP contribution in [0.4, 0.5) is 0 Å². The molecule has 2 rings (SSSR count). The van der Waals surface area contributed by atoms with Crippen molar-refractivity contribution < 1.29 is 0 Å². The molecule has 4 nitrogen and oxygen atoms in total. The number of halogens is 2. The summed E-state index contributed by atoms with van der Waals surface area (Å²) >= 11 is 12.3. The lowest BCUT2D eigenvalue weighted by Crippen LogP contribution is -2.05. The van der Waals surface area contributed by atoms with Crippen LogP contribution >= 0.6 is 23.2 Å². The lowest BCUT2D eigenvalue weighted by atomic mass is 10.2. The first kappa shape index (κ1) is 13.9. The van der Waals surface area contributed by atoms with Gasteiger partial charge in [0.1, 0.15) is 0 Å². The lowest BCUT2D eigenvalue weighted by Gasteiger charge is -2.08. The van der Waals surface area contributed by atoms with E-state index in [9.17, 15) is 0 Å². The topological polar surface area (TPSA) is 56.2 Å². The van der Waals surface area contributed by atoms with Gasteiger partial charge in [-0.05, 0) is 26.0 Å². The molecule has 0 radical (unpaired) electrons. The van der Waals surface area contributed by atoms with E-state index in [1.165, 1.54) is 0 Å². The van der Waals surface area contributed by atoms with E-state index in [-0.39, 0.29) is 0 Å². The van der Waals surface area contributed by atoms with Crippen LogP contribution in [0.15, 0.2) is 23.3 Å². The van der Waals surface area contributed by atoms with Crippen LogP contribution in [0.3, 0.4) is 0 Å². The Bertz CT molecular complexity index is 612.